The van der Waals surface area contributed by atoms with Gasteiger partial charge in [-0.3, -0.25) is 9.59 Å². The van der Waals surface area contributed by atoms with Gasteiger partial charge < -0.3 is 15.2 Å². The molecule has 0 aliphatic rings. The molecular weight excluding hydrogens is 380 g/mol. The Labute approximate surface area is 174 Å². The van der Waals surface area contributed by atoms with Gasteiger partial charge in [-0.05, 0) is 41.5 Å². The van der Waals surface area contributed by atoms with E-state index in [2.05, 4.69) is 5.32 Å². The highest BCUT2D eigenvalue weighted by molar-refractivity contribution is 5.95. The van der Waals surface area contributed by atoms with Crippen LogP contribution in [0.1, 0.15) is 22.3 Å². The number of carbonyl (C=O) groups is 2. The maximum atomic E-state index is 12.6. The third-order valence-corrected chi connectivity index (χ3v) is 4.42. The predicted molar refractivity (Wildman–Crippen MR) is 112 cm³/mol. The number of hydrogen-bond acceptors (Lipinski definition) is 4. The number of carboxylic acid groups (broad SMARTS) is 1. The van der Waals surface area contributed by atoms with Gasteiger partial charge in [-0.15, -0.1) is 0 Å². The number of nitriles is 1. The number of amides is 1. The summed E-state index contributed by atoms with van der Waals surface area (Å²) >= 11 is 0. The summed E-state index contributed by atoms with van der Waals surface area (Å²) < 4.78 is 5.60. The van der Waals surface area contributed by atoms with E-state index < -0.39 is 12.0 Å². The molecule has 3 aromatic carbocycles. The van der Waals surface area contributed by atoms with Crippen molar-refractivity contribution in [1.29, 1.82) is 5.26 Å². The molecule has 0 bridgehead atoms. The molecule has 0 fully saturated rings. The van der Waals surface area contributed by atoms with E-state index in [0.717, 1.165) is 11.1 Å². The van der Waals surface area contributed by atoms with Crippen LogP contribution in [0.25, 0.3) is 11.1 Å². The Balaban J connectivity index is 1.65. The first-order valence-electron chi connectivity index (χ1n) is 9.36. The summed E-state index contributed by atoms with van der Waals surface area (Å²) in [4.78, 5) is 23.8. The highest BCUT2D eigenvalue weighted by Gasteiger charge is 2.18. The van der Waals surface area contributed by atoms with Crippen molar-refractivity contribution >= 4 is 11.9 Å². The van der Waals surface area contributed by atoms with E-state index in [1.54, 1.807) is 36.4 Å². The number of rotatable bonds is 8. The highest BCUT2D eigenvalue weighted by atomic mass is 16.5. The van der Waals surface area contributed by atoms with Crippen LogP contribution in [-0.2, 0) is 4.79 Å². The first kappa shape index (κ1) is 20.6. The van der Waals surface area contributed by atoms with Crippen LogP contribution in [0.15, 0.2) is 78.9 Å². The number of hydrogen-bond donors (Lipinski definition) is 2. The molecule has 30 heavy (non-hydrogen) atoms. The van der Waals surface area contributed by atoms with E-state index in [1.807, 2.05) is 48.5 Å². The zero-order valence-electron chi connectivity index (χ0n) is 16.1. The fraction of sp³-hybridized carbons (Fsp3) is 0.125. The topological polar surface area (TPSA) is 99.4 Å². The molecule has 0 heterocycles. The Morgan fingerprint density at radius 2 is 1.67 bits per heavy atom. The molecule has 3 aromatic rings. The third-order valence-electron chi connectivity index (χ3n) is 4.42. The van der Waals surface area contributed by atoms with Gasteiger partial charge in [0.15, 0.2) is 0 Å². The minimum Gasteiger partial charge on any atom is -0.491 e. The normalized spacial score (nSPS) is 11.2. The first-order valence-corrected chi connectivity index (χ1v) is 9.36. The lowest BCUT2D eigenvalue weighted by Crippen LogP contribution is -2.40. The average molecular weight is 400 g/mol. The summed E-state index contributed by atoms with van der Waals surface area (Å²) in [6.07, 6.45) is -0.286. The lowest BCUT2D eigenvalue weighted by molar-refractivity contribution is -0.137. The molecule has 150 valence electrons. The molecule has 0 radical (unpaired) electrons. The van der Waals surface area contributed by atoms with Gasteiger partial charge in [0.25, 0.3) is 5.91 Å². The fourth-order valence-corrected chi connectivity index (χ4v) is 2.93. The van der Waals surface area contributed by atoms with Crippen LogP contribution in [-0.4, -0.2) is 29.6 Å². The summed E-state index contributed by atoms with van der Waals surface area (Å²) in [5.74, 6) is -0.991. The second-order valence-corrected chi connectivity index (χ2v) is 6.66. The SMILES string of the molecule is N#Cc1cccc(OC[C@@H](CC(=O)O)NC(=O)c2ccc(-c3ccccc3)cc2)c1. The van der Waals surface area contributed by atoms with Gasteiger partial charge in [0.2, 0.25) is 0 Å². The molecular formula is C24H20N2O4. The van der Waals surface area contributed by atoms with E-state index in [4.69, 9.17) is 15.1 Å². The predicted octanol–water partition coefficient (Wildman–Crippen LogP) is 3.88. The molecule has 6 nitrogen and oxygen atoms in total. The Bertz CT molecular complexity index is 1060. The monoisotopic (exact) mass is 400 g/mol. The van der Waals surface area contributed by atoms with Crippen molar-refractivity contribution in [2.75, 3.05) is 6.61 Å². The number of nitrogens with one attached hydrogen (secondary N) is 1. The fourth-order valence-electron chi connectivity index (χ4n) is 2.93. The van der Waals surface area contributed by atoms with E-state index in [9.17, 15) is 9.59 Å². The highest BCUT2D eigenvalue weighted by Crippen LogP contribution is 2.19. The molecule has 0 aromatic heterocycles. The standard InChI is InChI=1S/C24H20N2O4/c25-15-17-5-4-8-22(13-17)30-16-21(14-23(27)28)26-24(29)20-11-9-19(10-12-20)18-6-2-1-3-7-18/h1-13,21H,14,16H2,(H,26,29)(H,27,28)/t21-/m1/s1. The van der Waals surface area contributed by atoms with Crippen molar-refractivity contribution in [3.8, 4) is 22.9 Å². The number of carbonyl (C=O) groups excluding carboxylic acids is 1. The van der Waals surface area contributed by atoms with Crippen LogP contribution >= 0.6 is 0 Å². The summed E-state index contributed by atoms with van der Waals surface area (Å²) in [5, 5.41) is 20.8. The number of ether oxygens (including phenoxy) is 1. The molecule has 1 amide bonds. The van der Waals surface area contributed by atoms with Crippen molar-refractivity contribution in [3.63, 3.8) is 0 Å². The smallest absolute Gasteiger partial charge is 0.305 e. The Hall–Kier alpha value is -4.11. The molecule has 0 aliphatic carbocycles. The average Bonchev–Trinajstić information content (AvgIpc) is 2.78. The second kappa shape index (κ2) is 9.89. The molecule has 3 rings (SSSR count). The second-order valence-electron chi connectivity index (χ2n) is 6.66. The number of benzene rings is 3. The van der Waals surface area contributed by atoms with Gasteiger partial charge in [-0.1, -0.05) is 48.5 Å². The van der Waals surface area contributed by atoms with E-state index in [-0.39, 0.29) is 18.9 Å². The lowest BCUT2D eigenvalue weighted by atomic mass is 10.0. The molecule has 0 unspecified atom stereocenters. The van der Waals surface area contributed by atoms with Crippen molar-refractivity contribution in [2.45, 2.75) is 12.5 Å². The minimum atomic E-state index is -1.05. The maximum absolute atomic E-state index is 12.6. The quantitative estimate of drug-likeness (QED) is 0.598. The number of carboxylic acids is 1. The van der Waals surface area contributed by atoms with E-state index in [0.29, 0.717) is 16.9 Å². The largest absolute Gasteiger partial charge is 0.491 e. The van der Waals surface area contributed by atoms with Gasteiger partial charge in [0.1, 0.15) is 12.4 Å². The maximum Gasteiger partial charge on any atom is 0.305 e. The van der Waals surface area contributed by atoms with Crippen molar-refractivity contribution in [1.82, 2.24) is 5.32 Å². The molecule has 6 heteroatoms. The molecule has 1 atom stereocenters. The molecule has 2 N–H and O–H groups in total. The molecule has 0 saturated carbocycles. The van der Waals surface area contributed by atoms with Gasteiger partial charge >= 0.3 is 5.97 Å². The zero-order valence-corrected chi connectivity index (χ0v) is 16.1. The summed E-state index contributed by atoms with van der Waals surface area (Å²) in [6, 6.07) is 24.7. The first-order chi connectivity index (χ1) is 14.5. The van der Waals surface area contributed by atoms with Gasteiger partial charge in [-0.25, -0.2) is 0 Å². The van der Waals surface area contributed by atoms with E-state index >= 15 is 0 Å². The molecule has 0 aliphatic heterocycles. The Morgan fingerprint density at radius 3 is 2.33 bits per heavy atom. The minimum absolute atomic E-state index is 0.0327. The van der Waals surface area contributed by atoms with Crippen molar-refractivity contribution in [3.05, 3.63) is 90.0 Å². The molecule has 0 spiro atoms. The van der Waals surface area contributed by atoms with Crippen LogP contribution < -0.4 is 10.1 Å². The summed E-state index contributed by atoms with van der Waals surface area (Å²) in [7, 11) is 0. The van der Waals surface area contributed by atoms with Crippen molar-refractivity contribution in [2.24, 2.45) is 0 Å². The number of nitrogens with zero attached hydrogens (tertiary/aromatic N) is 1. The Morgan fingerprint density at radius 1 is 0.967 bits per heavy atom. The zero-order chi connectivity index (χ0) is 21.3. The van der Waals surface area contributed by atoms with Gasteiger partial charge in [-0.2, -0.15) is 5.26 Å². The van der Waals surface area contributed by atoms with Crippen LogP contribution in [0, 0.1) is 11.3 Å². The van der Waals surface area contributed by atoms with Crippen LogP contribution in [0.2, 0.25) is 0 Å². The third kappa shape index (κ3) is 5.69. The van der Waals surface area contributed by atoms with E-state index in [1.165, 1.54) is 0 Å². The number of aliphatic carboxylic acids is 1. The molecule has 0 saturated heterocycles. The summed E-state index contributed by atoms with van der Waals surface area (Å²) in [5.41, 5.74) is 2.89. The van der Waals surface area contributed by atoms with Gasteiger partial charge in [0.05, 0.1) is 24.1 Å². The van der Waals surface area contributed by atoms with Crippen LogP contribution in [0.5, 0.6) is 5.75 Å². The summed E-state index contributed by atoms with van der Waals surface area (Å²) in [6.45, 7) is -0.0327. The van der Waals surface area contributed by atoms with Gasteiger partial charge in [0, 0.05) is 5.56 Å². The van der Waals surface area contributed by atoms with Crippen molar-refractivity contribution < 1.29 is 19.4 Å². The Kier molecular flexibility index (Phi) is 6.80. The lowest BCUT2D eigenvalue weighted by Gasteiger charge is -2.18. The van der Waals surface area contributed by atoms with Crippen LogP contribution in [0.3, 0.4) is 0 Å². The van der Waals surface area contributed by atoms with Crippen LogP contribution in [0.4, 0.5) is 0 Å².